The molecule has 5 rings (SSSR count). The summed E-state index contributed by atoms with van der Waals surface area (Å²) in [7, 11) is 0. The molecule has 5 aromatic rings. The van der Waals surface area contributed by atoms with Crippen LogP contribution >= 0.6 is 0 Å². The van der Waals surface area contributed by atoms with Crippen LogP contribution in [-0.2, 0) is 4.79 Å². The number of carbonyl (C=O) groups excluding carboxylic acids is 1. The van der Waals surface area contributed by atoms with E-state index in [0.717, 1.165) is 61.4 Å². The number of aryl methyl sites for hydroxylation is 3. The van der Waals surface area contributed by atoms with E-state index in [2.05, 4.69) is 53.8 Å². The zero-order valence-electron chi connectivity index (χ0n) is 21.9. The summed E-state index contributed by atoms with van der Waals surface area (Å²) in [6, 6.07) is 22.8. The van der Waals surface area contributed by atoms with Crippen LogP contribution in [0.15, 0.2) is 83.5 Å². The highest BCUT2D eigenvalue weighted by atomic mass is 16.5. The third-order valence-electron chi connectivity index (χ3n) is 6.67. The molecule has 186 valence electrons. The van der Waals surface area contributed by atoms with Crippen molar-refractivity contribution in [3.8, 4) is 16.9 Å². The number of benzene rings is 4. The monoisotopic (exact) mass is 489 g/mol. The molecule has 0 spiro atoms. The van der Waals surface area contributed by atoms with Crippen molar-refractivity contribution in [2.75, 3.05) is 11.9 Å². The van der Waals surface area contributed by atoms with E-state index in [4.69, 9.17) is 9.15 Å². The number of amides is 1. The van der Waals surface area contributed by atoms with E-state index in [1.807, 2.05) is 59.1 Å². The van der Waals surface area contributed by atoms with E-state index in [1.165, 1.54) is 10.8 Å². The van der Waals surface area contributed by atoms with Gasteiger partial charge >= 0.3 is 0 Å². The Bertz CT molecular complexity index is 1650. The number of rotatable bonds is 6. The minimum atomic E-state index is -0.177. The number of anilines is 1. The van der Waals surface area contributed by atoms with Crippen molar-refractivity contribution in [2.45, 2.75) is 34.6 Å². The summed E-state index contributed by atoms with van der Waals surface area (Å²) in [5.74, 6) is 0.561. The van der Waals surface area contributed by atoms with Crippen LogP contribution in [0, 0.1) is 20.8 Å². The molecular weight excluding hydrogens is 458 g/mol. The molecule has 0 fully saturated rings. The second-order valence-corrected chi connectivity index (χ2v) is 9.56. The van der Waals surface area contributed by atoms with Crippen molar-refractivity contribution in [1.82, 2.24) is 0 Å². The van der Waals surface area contributed by atoms with Gasteiger partial charge in [0.05, 0.1) is 12.9 Å². The number of hydrogen-bond acceptors (Lipinski definition) is 3. The first-order valence-corrected chi connectivity index (χ1v) is 12.6. The van der Waals surface area contributed by atoms with Crippen LogP contribution in [0.5, 0.6) is 5.75 Å². The normalized spacial score (nSPS) is 11.8. The first-order valence-electron chi connectivity index (χ1n) is 12.6. The van der Waals surface area contributed by atoms with E-state index in [-0.39, 0.29) is 5.91 Å². The summed E-state index contributed by atoms with van der Waals surface area (Å²) in [6.45, 7) is 10.5. The van der Waals surface area contributed by atoms with Gasteiger partial charge < -0.3 is 14.5 Å². The molecular formula is C33H31NO3. The summed E-state index contributed by atoms with van der Waals surface area (Å²) < 4.78 is 12.2. The molecule has 37 heavy (non-hydrogen) atoms. The predicted molar refractivity (Wildman–Crippen MR) is 153 cm³/mol. The molecule has 1 amide bonds. The Morgan fingerprint density at radius 1 is 0.919 bits per heavy atom. The molecule has 0 atom stereocenters. The first-order chi connectivity index (χ1) is 17.9. The van der Waals surface area contributed by atoms with E-state index < -0.39 is 0 Å². The summed E-state index contributed by atoms with van der Waals surface area (Å²) in [6.07, 6.45) is 3.46. The highest BCUT2D eigenvalue weighted by Crippen LogP contribution is 2.42. The molecule has 1 heterocycles. The molecule has 0 unspecified atom stereocenters. The fraction of sp³-hybridized carbons (Fsp3) is 0.182. The van der Waals surface area contributed by atoms with Crippen LogP contribution in [0.2, 0.25) is 0 Å². The summed E-state index contributed by atoms with van der Waals surface area (Å²) in [5, 5.41) is 6.35. The van der Waals surface area contributed by atoms with Crippen LogP contribution in [0.3, 0.4) is 0 Å². The summed E-state index contributed by atoms with van der Waals surface area (Å²) in [4.78, 5) is 13.0. The van der Waals surface area contributed by atoms with Crippen LogP contribution in [0.4, 0.5) is 5.69 Å². The van der Waals surface area contributed by atoms with Crippen LogP contribution in [0.25, 0.3) is 38.4 Å². The number of carbonyl (C=O) groups is 1. The molecule has 0 aliphatic rings. The lowest BCUT2D eigenvalue weighted by Crippen LogP contribution is -2.09. The fourth-order valence-corrected chi connectivity index (χ4v) is 5.11. The summed E-state index contributed by atoms with van der Waals surface area (Å²) >= 11 is 0. The number of nitrogens with one attached hydrogen (secondary N) is 1. The van der Waals surface area contributed by atoms with Gasteiger partial charge in [0.15, 0.2) is 0 Å². The Morgan fingerprint density at radius 2 is 1.65 bits per heavy atom. The molecule has 0 saturated carbocycles. The zero-order chi connectivity index (χ0) is 26.1. The third-order valence-corrected chi connectivity index (χ3v) is 6.67. The topological polar surface area (TPSA) is 51.5 Å². The van der Waals surface area contributed by atoms with Gasteiger partial charge in [-0.2, -0.15) is 0 Å². The zero-order valence-corrected chi connectivity index (χ0v) is 21.9. The molecule has 0 aliphatic carbocycles. The molecule has 4 heteroatoms. The maximum absolute atomic E-state index is 13.0. The second kappa shape index (κ2) is 9.98. The van der Waals surface area contributed by atoms with Gasteiger partial charge in [0.1, 0.15) is 11.3 Å². The number of hydrogen-bond donors (Lipinski definition) is 1. The van der Waals surface area contributed by atoms with Crippen molar-refractivity contribution < 1.29 is 13.9 Å². The Kier molecular flexibility index (Phi) is 6.58. The fourth-order valence-electron chi connectivity index (χ4n) is 5.11. The lowest BCUT2D eigenvalue weighted by molar-refractivity contribution is -0.111. The standard InChI is InChI=1S/C33H31NO3/c1-6-36-32-23(5)33-29(30(19-37-33)27-13-9-11-24-10-7-8-12-26(24)27)18-28(32)22(4)17-31(35)34-25-15-20(2)14-21(3)16-25/h7-19H,6H2,1-5H3,(H,34,35)/b22-17+. The van der Waals surface area contributed by atoms with E-state index in [1.54, 1.807) is 6.08 Å². The van der Waals surface area contributed by atoms with Gasteiger partial charge in [-0.15, -0.1) is 0 Å². The quantitative estimate of drug-likeness (QED) is 0.243. The van der Waals surface area contributed by atoms with Gasteiger partial charge in [-0.25, -0.2) is 0 Å². The maximum Gasteiger partial charge on any atom is 0.248 e. The van der Waals surface area contributed by atoms with Crippen molar-refractivity contribution in [2.24, 2.45) is 0 Å². The van der Waals surface area contributed by atoms with Crippen molar-refractivity contribution in [1.29, 1.82) is 0 Å². The molecule has 4 aromatic carbocycles. The van der Waals surface area contributed by atoms with E-state index in [9.17, 15) is 4.79 Å². The van der Waals surface area contributed by atoms with Gasteiger partial charge in [0.25, 0.3) is 0 Å². The number of ether oxygens (including phenoxy) is 1. The number of allylic oxidation sites excluding steroid dienone is 1. The van der Waals surface area contributed by atoms with E-state index >= 15 is 0 Å². The minimum absolute atomic E-state index is 0.177. The van der Waals surface area contributed by atoms with Gasteiger partial charge in [-0.05, 0) is 85.9 Å². The molecule has 4 nitrogen and oxygen atoms in total. The third kappa shape index (κ3) is 4.75. The number of fused-ring (bicyclic) bond motifs is 2. The highest BCUT2D eigenvalue weighted by Gasteiger charge is 2.20. The average molecular weight is 490 g/mol. The Hall–Kier alpha value is -4.31. The lowest BCUT2D eigenvalue weighted by Gasteiger charge is -2.15. The average Bonchev–Trinajstić information content (AvgIpc) is 3.28. The van der Waals surface area contributed by atoms with Crippen molar-refractivity contribution in [3.05, 3.63) is 101 Å². The first kappa shape index (κ1) is 24.4. The van der Waals surface area contributed by atoms with E-state index in [0.29, 0.717) is 6.61 Å². The molecule has 0 bridgehead atoms. The van der Waals surface area contributed by atoms with Crippen molar-refractivity contribution in [3.63, 3.8) is 0 Å². The van der Waals surface area contributed by atoms with Crippen LogP contribution < -0.4 is 10.1 Å². The van der Waals surface area contributed by atoms with Gasteiger partial charge in [0, 0.05) is 33.8 Å². The SMILES string of the molecule is CCOc1c(/C(C)=C/C(=O)Nc2cc(C)cc(C)c2)cc2c(-c3cccc4ccccc34)coc2c1C. The van der Waals surface area contributed by atoms with Crippen LogP contribution in [0.1, 0.15) is 36.1 Å². The largest absolute Gasteiger partial charge is 0.493 e. The second-order valence-electron chi connectivity index (χ2n) is 9.56. The Morgan fingerprint density at radius 3 is 2.41 bits per heavy atom. The summed E-state index contributed by atoms with van der Waals surface area (Å²) in [5.41, 5.74) is 8.55. The molecule has 0 aliphatic heterocycles. The lowest BCUT2D eigenvalue weighted by atomic mass is 9.94. The molecule has 0 saturated heterocycles. The number of furan rings is 1. The van der Waals surface area contributed by atoms with Gasteiger partial charge in [-0.3, -0.25) is 4.79 Å². The highest BCUT2D eigenvalue weighted by molar-refractivity contribution is 6.08. The molecule has 0 radical (unpaired) electrons. The maximum atomic E-state index is 13.0. The van der Waals surface area contributed by atoms with Gasteiger partial charge in [0.2, 0.25) is 5.91 Å². The minimum Gasteiger partial charge on any atom is -0.493 e. The van der Waals surface area contributed by atoms with Gasteiger partial charge in [-0.1, -0.05) is 48.5 Å². The molecule has 1 aromatic heterocycles. The Balaban J connectivity index is 1.62. The van der Waals surface area contributed by atoms with Crippen molar-refractivity contribution >= 4 is 38.9 Å². The molecule has 1 N–H and O–H groups in total. The smallest absolute Gasteiger partial charge is 0.248 e. The van der Waals surface area contributed by atoms with Crippen LogP contribution in [-0.4, -0.2) is 12.5 Å². The Labute approximate surface area is 217 Å². The predicted octanol–water partition coefficient (Wildman–Crippen LogP) is 8.62.